The van der Waals surface area contributed by atoms with E-state index in [1.165, 1.54) is 0 Å². The van der Waals surface area contributed by atoms with Gasteiger partial charge in [0.25, 0.3) is 0 Å². The third-order valence-corrected chi connectivity index (χ3v) is 8.38. The molecule has 11 nitrogen and oxygen atoms in total. The smallest absolute Gasteiger partial charge is 0.224 e. The lowest BCUT2D eigenvalue weighted by atomic mass is 9.99. The molecule has 0 aromatic heterocycles. The number of aliphatic hydroxyl groups excluding tert-OH is 2. The number of likely N-dealkylation sites (N-methyl/N-ethyl adjacent to an activating group) is 1. The lowest BCUT2D eigenvalue weighted by molar-refractivity contribution is -0.252. The highest BCUT2D eigenvalue weighted by Gasteiger charge is 2.33. The van der Waals surface area contributed by atoms with Crippen LogP contribution in [0.15, 0.2) is 97.1 Å². The normalized spacial score (nSPS) is 18.2. The molecule has 0 radical (unpaired) electrons. The Morgan fingerprint density at radius 3 is 2.29 bits per heavy atom. The maximum Gasteiger partial charge on any atom is 0.224 e. The van der Waals surface area contributed by atoms with E-state index in [2.05, 4.69) is 10.6 Å². The third-order valence-electron chi connectivity index (χ3n) is 8.38. The van der Waals surface area contributed by atoms with Gasteiger partial charge in [0.15, 0.2) is 6.29 Å². The summed E-state index contributed by atoms with van der Waals surface area (Å²) >= 11 is 0. The standard InChI is InChI=1S/C38H44N4O7/c1-42(23-34(45)28-6-4-7-30(44)20-28)22-31-21-35(26-14-12-25(24-43)13-15-26)49-38(48-31)27-16-18-29(19-17-27)40-36(46)10-5-11-37(47)41-33-9-3-2-8-32(33)39/h2-4,6-9,12-20,31,34-35,38,43-45H,5,10-11,21-24,39H2,1H3,(H,40,46)(H,41,47)/t31-,34-,35+,38+/m1/s1. The minimum absolute atomic E-state index is 0.0471. The lowest BCUT2D eigenvalue weighted by Gasteiger charge is -2.38. The van der Waals surface area contributed by atoms with Gasteiger partial charge in [0.2, 0.25) is 11.8 Å². The number of aliphatic hydroxyl groups is 2. The second-order valence-corrected chi connectivity index (χ2v) is 12.3. The first-order valence-electron chi connectivity index (χ1n) is 16.4. The van der Waals surface area contributed by atoms with E-state index in [4.69, 9.17) is 15.2 Å². The van der Waals surface area contributed by atoms with Crippen molar-refractivity contribution in [1.82, 2.24) is 4.90 Å². The molecule has 1 aliphatic heterocycles. The Kier molecular flexibility index (Phi) is 12.4. The van der Waals surface area contributed by atoms with Crippen LogP contribution >= 0.6 is 0 Å². The van der Waals surface area contributed by atoms with Gasteiger partial charge in [-0.25, -0.2) is 0 Å². The van der Waals surface area contributed by atoms with E-state index in [9.17, 15) is 24.9 Å². The van der Waals surface area contributed by atoms with E-state index in [1.807, 2.05) is 48.3 Å². The van der Waals surface area contributed by atoms with Crippen molar-refractivity contribution < 1.29 is 34.4 Å². The minimum Gasteiger partial charge on any atom is -0.508 e. The van der Waals surface area contributed by atoms with E-state index >= 15 is 0 Å². The monoisotopic (exact) mass is 668 g/mol. The van der Waals surface area contributed by atoms with Crippen LogP contribution < -0.4 is 16.4 Å². The van der Waals surface area contributed by atoms with Gasteiger partial charge in [0, 0.05) is 43.6 Å². The number of aromatic hydroxyl groups is 1. The molecule has 0 unspecified atom stereocenters. The number of para-hydroxylation sites is 2. The minimum atomic E-state index is -0.789. The zero-order chi connectivity index (χ0) is 34.8. The molecule has 5 rings (SSSR count). The molecule has 0 aliphatic carbocycles. The Morgan fingerprint density at radius 2 is 1.59 bits per heavy atom. The first-order valence-corrected chi connectivity index (χ1v) is 16.4. The van der Waals surface area contributed by atoms with Crippen LogP contribution in [0.3, 0.4) is 0 Å². The highest BCUT2D eigenvalue weighted by molar-refractivity contribution is 5.94. The van der Waals surface area contributed by atoms with Crippen LogP contribution in [0.1, 0.15) is 66.4 Å². The van der Waals surface area contributed by atoms with Crippen LogP contribution in [0.4, 0.5) is 17.1 Å². The average Bonchev–Trinajstić information content (AvgIpc) is 3.09. The highest BCUT2D eigenvalue weighted by atomic mass is 16.7. The van der Waals surface area contributed by atoms with Gasteiger partial charge in [-0.15, -0.1) is 0 Å². The van der Waals surface area contributed by atoms with Gasteiger partial charge in [-0.05, 0) is 66.6 Å². The number of carbonyl (C=O) groups excluding carboxylic acids is 2. The first-order chi connectivity index (χ1) is 23.7. The quantitative estimate of drug-likeness (QED) is 0.0962. The number of phenolic OH excluding ortho intramolecular Hbond substituents is 1. The molecule has 0 saturated carbocycles. The Balaban J connectivity index is 1.18. The summed E-state index contributed by atoms with van der Waals surface area (Å²) in [5.41, 5.74) is 10.7. The van der Waals surface area contributed by atoms with Crippen molar-refractivity contribution in [3.05, 3.63) is 119 Å². The molecule has 0 bridgehead atoms. The molecular formula is C38H44N4O7. The number of anilines is 3. The summed E-state index contributed by atoms with van der Waals surface area (Å²) < 4.78 is 12.9. The molecule has 1 aliphatic rings. The summed E-state index contributed by atoms with van der Waals surface area (Å²) in [5, 5.41) is 35.8. The number of phenols is 1. The zero-order valence-electron chi connectivity index (χ0n) is 27.5. The topological polar surface area (TPSA) is 167 Å². The van der Waals surface area contributed by atoms with Crippen LogP contribution in [0, 0.1) is 0 Å². The summed E-state index contributed by atoms with van der Waals surface area (Å²) in [6.45, 7) is 0.811. The molecule has 49 heavy (non-hydrogen) atoms. The second kappa shape index (κ2) is 17.0. The van der Waals surface area contributed by atoms with Crippen molar-refractivity contribution in [3.8, 4) is 5.75 Å². The Hall–Kier alpha value is -4.78. The van der Waals surface area contributed by atoms with Crippen LogP contribution in [-0.4, -0.2) is 58.3 Å². The van der Waals surface area contributed by atoms with Gasteiger partial charge in [-0.3, -0.25) is 9.59 Å². The predicted molar refractivity (Wildman–Crippen MR) is 187 cm³/mol. The van der Waals surface area contributed by atoms with Crippen molar-refractivity contribution in [2.24, 2.45) is 0 Å². The van der Waals surface area contributed by atoms with E-state index in [0.717, 1.165) is 16.7 Å². The zero-order valence-corrected chi connectivity index (χ0v) is 27.5. The summed E-state index contributed by atoms with van der Waals surface area (Å²) in [5.74, 6) is -0.306. The van der Waals surface area contributed by atoms with Crippen molar-refractivity contribution in [2.75, 3.05) is 36.5 Å². The number of nitrogens with one attached hydrogen (secondary N) is 2. The fourth-order valence-corrected chi connectivity index (χ4v) is 5.77. The number of hydrogen-bond acceptors (Lipinski definition) is 9. The average molecular weight is 669 g/mol. The molecule has 4 aromatic carbocycles. The highest BCUT2D eigenvalue weighted by Crippen LogP contribution is 2.38. The van der Waals surface area contributed by atoms with Crippen LogP contribution in [-0.2, 0) is 25.7 Å². The first kappa shape index (κ1) is 35.5. The van der Waals surface area contributed by atoms with Crippen LogP contribution in [0.25, 0.3) is 0 Å². The van der Waals surface area contributed by atoms with Crippen molar-refractivity contribution in [2.45, 2.75) is 56.9 Å². The molecule has 0 spiro atoms. The fraction of sp³-hybridized carbons (Fsp3) is 0.316. The molecule has 1 fully saturated rings. The SMILES string of the molecule is CN(C[C@H]1C[C@@H](c2ccc(CO)cc2)O[C@@H](c2ccc(NC(=O)CCCC(=O)Nc3ccccc3N)cc2)O1)C[C@@H](O)c1cccc(O)c1. The summed E-state index contributed by atoms with van der Waals surface area (Å²) in [6.07, 6.45) is -0.670. The fourth-order valence-electron chi connectivity index (χ4n) is 5.77. The number of nitrogen functional groups attached to an aromatic ring is 1. The summed E-state index contributed by atoms with van der Waals surface area (Å²) in [6, 6.07) is 28.5. The number of nitrogens with two attached hydrogens (primary N) is 1. The molecule has 7 N–H and O–H groups in total. The molecule has 4 atom stereocenters. The Labute approximate surface area is 286 Å². The molecule has 258 valence electrons. The summed E-state index contributed by atoms with van der Waals surface area (Å²) in [7, 11) is 1.91. The number of amides is 2. The Bertz CT molecular complexity index is 1680. The maximum absolute atomic E-state index is 12.6. The third kappa shape index (κ3) is 10.4. The number of ether oxygens (including phenoxy) is 2. The van der Waals surface area contributed by atoms with E-state index in [0.29, 0.717) is 48.6 Å². The largest absolute Gasteiger partial charge is 0.508 e. The molecule has 4 aromatic rings. The van der Waals surface area contributed by atoms with Gasteiger partial charge >= 0.3 is 0 Å². The van der Waals surface area contributed by atoms with Gasteiger partial charge in [-0.1, -0.05) is 60.7 Å². The van der Waals surface area contributed by atoms with E-state index < -0.39 is 12.4 Å². The molecule has 2 amide bonds. The van der Waals surface area contributed by atoms with Crippen molar-refractivity contribution in [1.29, 1.82) is 0 Å². The van der Waals surface area contributed by atoms with E-state index in [-0.39, 0.29) is 49.2 Å². The predicted octanol–water partition coefficient (Wildman–Crippen LogP) is 5.43. The van der Waals surface area contributed by atoms with Gasteiger partial charge in [0.05, 0.1) is 36.3 Å². The molecule has 1 heterocycles. The number of hydrogen-bond donors (Lipinski definition) is 6. The number of rotatable bonds is 14. The molecular weight excluding hydrogens is 624 g/mol. The summed E-state index contributed by atoms with van der Waals surface area (Å²) in [4.78, 5) is 26.9. The van der Waals surface area contributed by atoms with Gasteiger partial charge in [0.1, 0.15) is 5.75 Å². The lowest BCUT2D eigenvalue weighted by Crippen LogP contribution is -2.39. The van der Waals surface area contributed by atoms with E-state index in [1.54, 1.807) is 60.7 Å². The van der Waals surface area contributed by atoms with Crippen molar-refractivity contribution in [3.63, 3.8) is 0 Å². The maximum atomic E-state index is 12.6. The molecule has 1 saturated heterocycles. The number of nitrogens with zero attached hydrogens (tertiary/aromatic N) is 1. The van der Waals surface area contributed by atoms with Crippen molar-refractivity contribution >= 4 is 28.9 Å². The molecule has 11 heteroatoms. The Morgan fingerprint density at radius 1 is 0.898 bits per heavy atom. The number of benzene rings is 4. The number of carbonyl (C=O) groups is 2. The van der Waals surface area contributed by atoms with Crippen LogP contribution in [0.5, 0.6) is 5.75 Å². The van der Waals surface area contributed by atoms with Crippen LogP contribution in [0.2, 0.25) is 0 Å². The second-order valence-electron chi connectivity index (χ2n) is 12.3. The van der Waals surface area contributed by atoms with Gasteiger partial charge < -0.3 is 46.1 Å². The van der Waals surface area contributed by atoms with Gasteiger partial charge in [-0.2, -0.15) is 0 Å².